The van der Waals surface area contributed by atoms with Gasteiger partial charge >= 0.3 is 5.97 Å². The maximum absolute atomic E-state index is 12.7. The average molecular weight is 333 g/mol. The Kier molecular flexibility index (Phi) is 6.23. The molecule has 0 aromatic heterocycles. The fourth-order valence-electron chi connectivity index (χ4n) is 3.39. The quantitative estimate of drug-likeness (QED) is 0.751. The third-order valence-corrected chi connectivity index (χ3v) is 4.58. The van der Waals surface area contributed by atoms with Gasteiger partial charge in [0.1, 0.15) is 5.75 Å². The molecule has 0 saturated carbocycles. The normalized spacial score (nSPS) is 16.7. The number of hydrogen-bond acceptors (Lipinski definition) is 4. The van der Waals surface area contributed by atoms with E-state index in [9.17, 15) is 9.59 Å². The highest BCUT2D eigenvalue weighted by molar-refractivity contribution is 5.78. The third kappa shape index (κ3) is 4.08. The Morgan fingerprint density at radius 2 is 2.00 bits per heavy atom. The molecule has 5 nitrogen and oxygen atoms in total. The first kappa shape index (κ1) is 18.3. The van der Waals surface area contributed by atoms with Crippen LogP contribution < -0.4 is 4.74 Å². The van der Waals surface area contributed by atoms with E-state index in [0.717, 1.165) is 12.2 Å². The molecule has 1 heterocycles. The predicted octanol–water partition coefficient (Wildman–Crippen LogP) is 3.12. The molecule has 5 heteroatoms. The van der Waals surface area contributed by atoms with Gasteiger partial charge in [-0.05, 0) is 42.0 Å². The summed E-state index contributed by atoms with van der Waals surface area (Å²) in [6.07, 6.45) is 2.03. The van der Waals surface area contributed by atoms with Gasteiger partial charge in [0.15, 0.2) is 0 Å². The second-order valence-electron chi connectivity index (χ2n) is 6.52. The molecule has 132 valence electrons. The van der Waals surface area contributed by atoms with E-state index in [-0.39, 0.29) is 24.3 Å². The van der Waals surface area contributed by atoms with Crippen LogP contribution in [-0.4, -0.2) is 37.5 Å². The molecule has 0 bridgehead atoms. The van der Waals surface area contributed by atoms with Crippen LogP contribution in [-0.2, 0) is 20.7 Å². The summed E-state index contributed by atoms with van der Waals surface area (Å²) >= 11 is 0. The lowest BCUT2D eigenvalue weighted by Crippen LogP contribution is -2.42. The number of amides is 1. The lowest BCUT2D eigenvalue weighted by molar-refractivity contribution is -0.141. The van der Waals surface area contributed by atoms with Gasteiger partial charge in [-0.1, -0.05) is 19.9 Å². The van der Waals surface area contributed by atoms with Crippen LogP contribution in [0.3, 0.4) is 0 Å². The van der Waals surface area contributed by atoms with E-state index in [1.807, 2.05) is 11.0 Å². The van der Waals surface area contributed by atoms with E-state index in [2.05, 4.69) is 30.7 Å². The molecule has 1 amide bonds. The highest BCUT2D eigenvalue weighted by atomic mass is 16.5. The van der Waals surface area contributed by atoms with Gasteiger partial charge in [0, 0.05) is 19.4 Å². The van der Waals surface area contributed by atoms with Gasteiger partial charge in [0.05, 0.1) is 20.3 Å². The zero-order valence-corrected chi connectivity index (χ0v) is 15.0. The molecule has 1 unspecified atom stereocenters. The van der Waals surface area contributed by atoms with Gasteiger partial charge in [-0.25, -0.2) is 0 Å². The number of esters is 1. The second kappa shape index (κ2) is 8.18. The maximum Gasteiger partial charge on any atom is 0.305 e. The number of hydrogen-bond donors (Lipinski definition) is 0. The molecule has 1 aliphatic heterocycles. The summed E-state index contributed by atoms with van der Waals surface area (Å²) in [5, 5.41) is 0. The van der Waals surface area contributed by atoms with Crippen LogP contribution in [0.2, 0.25) is 0 Å². The largest absolute Gasteiger partial charge is 0.497 e. The van der Waals surface area contributed by atoms with Crippen molar-refractivity contribution in [2.75, 3.05) is 20.8 Å². The first-order valence-electron chi connectivity index (χ1n) is 8.51. The van der Waals surface area contributed by atoms with Crippen molar-refractivity contribution in [3.63, 3.8) is 0 Å². The minimum absolute atomic E-state index is 0.0743. The van der Waals surface area contributed by atoms with Crippen LogP contribution in [0, 0.1) is 5.92 Å². The van der Waals surface area contributed by atoms with Crippen LogP contribution in [0.1, 0.15) is 50.3 Å². The zero-order chi connectivity index (χ0) is 17.7. The first-order chi connectivity index (χ1) is 11.5. The fraction of sp³-hybridized carbons (Fsp3) is 0.579. The van der Waals surface area contributed by atoms with Gasteiger partial charge in [-0.2, -0.15) is 0 Å². The van der Waals surface area contributed by atoms with Crippen LogP contribution in [0.25, 0.3) is 0 Å². The standard InChI is InChI=1S/C19H27NO4/c1-13(2)19-16-9-8-15(23-3)12-14(16)10-11-20(19)17(21)6-5-7-18(22)24-4/h8-9,12-13,19H,5-7,10-11H2,1-4H3. The lowest BCUT2D eigenvalue weighted by Gasteiger charge is -2.40. The van der Waals surface area contributed by atoms with Crippen molar-refractivity contribution in [1.29, 1.82) is 0 Å². The molecule has 0 N–H and O–H groups in total. The lowest BCUT2D eigenvalue weighted by atomic mass is 9.86. The number of benzene rings is 1. The Morgan fingerprint density at radius 1 is 1.25 bits per heavy atom. The predicted molar refractivity (Wildman–Crippen MR) is 91.9 cm³/mol. The Labute approximate surface area is 143 Å². The summed E-state index contributed by atoms with van der Waals surface area (Å²) in [6.45, 7) is 4.98. The van der Waals surface area contributed by atoms with Crippen molar-refractivity contribution in [1.82, 2.24) is 4.90 Å². The van der Waals surface area contributed by atoms with E-state index < -0.39 is 0 Å². The number of fused-ring (bicyclic) bond motifs is 1. The number of carbonyl (C=O) groups is 2. The number of rotatable bonds is 6. The topological polar surface area (TPSA) is 55.8 Å². The van der Waals surface area contributed by atoms with Crippen LogP contribution in [0.15, 0.2) is 18.2 Å². The summed E-state index contributed by atoms with van der Waals surface area (Å²) in [7, 11) is 3.04. The zero-order valence-electron chi connectivity index (χ0n) is 15.0. The summed E-state index contributed by atoms with van der Waals surface area (Å²) < 4.78 is 9.94. The van der Waals surface area contributed by atoms with Crippen LogP contribution in [0.4, 0.5) is 0 Å². The molecule has 0 saturated heterocycles. The molecule has 1 atom stereocenters. The van der Waals surface area contributed by atoms with Crippen molar-refractivity contribution >= 4 is 11.9 Å². The van der Waals surface area contributed by atoms with Gasteiger partial charge in [0.2, 0.25) is 5.91 Å². The molecule has 1 aromatic rings. The van der Waals surface area contributed by atoms with Gasteiger partial charge in [-0.3, -0.25) is 9.59 Å². The molecule has 0 fully saturated rings. The highest BCUT2D eigenvalue weighted by Gasteiger charge is 2.32. The van der Waals surface area contributed by atoms with Gasteiger partial charge < -0.3 is 14.4 Å². The minimum atomic E-state index is -0.265. The summed E-state index contributed by atoms with van der Waals surface area (Å²) in [4.78, 5) is 25.8. The molecule has 0 radical (unpaired) electrons. The van der Waals surface area contributed by atoms with E-state index in [1.165, 1.54) is 18.2 Å². The molecule has 24 heavy (non-hydrogen) atoms. The summed E-state index contributed by atoms with van der Waals surface area (Å²) in [6, 6.07) is 6.18. The number of ether oxygens (including phenoxy) is 2. The second-order valence-corrected chi connectivity index (χ2v) is 6.52. The Bertz CT molecular complexity index is 597. The van der Waals surface area contributed by atoms with Crippen LogP contribution >= 0.6 is 0 Å². The van der Waals surface area contributed by atoms with Crippen LogP contribution in [0.5, 0.6) is 5.75 Å². The summed E-state index contributed by atoms with van der Waals surface area (Å²) in [5.41, 5.74) is 2.46. The number of carbonyl (C=O) groups excluding carboxylic acids is 2. The van der Waals surface area contributed by atoms with E-state index in [4.69, 9.17) is 4.74 Å². The van der Waals surface area contributed by atoms with Gasteiger partial charge in [-0.15, -0.1) is 0 Å². The Morgan fingerprint density at radius 3 is 2.62 bits per heavy atom. The summed E-state index contributed by atoms with van der Waals surface area (Å²) in [5.74, 6) is 1.02. The van der Waals surface area contributed by atoms with Crippen molar-refractivity contribution in [2.24, 2.45) is 5.92 Å². The molecular weight excluding hydrogens is 306 g/mol. The first-order valence-corrected chi connectivity index (χ1v) is 8.51. The average Bonchev–Trinajstić information content (AvgIpc) is 2.59. The number of methoxy groups -OCH3 is 2. The van der Waals surface area contributed by atoms with E-state index in [1.54, 1.807) is 7.11 Å². The molecule has 2 rings (SSSR count). The Hall–Kier alpha value is -2.04. The van der Waals surface area contributed by atoms with Crippen molar-refractivity contribution < 1.29 is 19.1 Å². The van der Waals surface area contributed by atoms with Crippen molar-refractivity contribution in [2.45, 2.75) is 45.6 Å². The van der Waals surface area contributed by atoms with Crippen molar-refractivity contribution in [3.05, 3.63) is 29.3 Å². The number of nitrogens with zero attached hydrogens (tertiary/aromatic N) is 1. The molecule has 0 aliphatic carbocycles. The van der Waals surface area contributed by atoms with E-state index >= 15 is 0 Å². The highest BCUT2D eigenvalue weighted by Crippen LogP contribution is 2.37. The smallest absolute Gasteiger partial charge is 0.305 e. The monoisotopic (exact) mass is 333 g/mol. The molecule has 0 spiro atoms. The SMILES string of the molecule is COC(=O)CCCC(=O)N1CCc2cc(OC)ccc2C1C(C)C. The van der Waals surface area contributed by atoms with E-state index in [0.29, 0.717) is 25.3 Å². The fourth-order valence-corrected chi connectivity index (χ4v) is 3.39. The molecule has 1 aliphatic rings. The molecule has 1 aromatic carbocycles. The third-order valence-electron chi connectivity index (χ3n) is 4.58. The maximum atomic E-state index is 12.7. The van der Waals surface area contributed by atoms with Gasteiger partial charge in [0.25, 0.3) is 0 Å². The minimum Gasteiger partial charge on any atom is -0.497 e. The van der Waals surface area contributed by atoms with Crippen molar-refractivity contribution in [3.8, 4) is 5.75 Å². The Balaban J connectivity index is 2.12. The molecular formula is C19H27NO4.